The molecule has 1 unspecified atom stereocenters. The minimum absolute atomic E-state index is 0.0148. The highest BCUT2D eigenvalue weighted by Gasteiger charge is 2.73. The first-order valence-corrected chi connectivity index (χ1v) is 9.87. The van der Waals surface area contributed by atoms with Gasteiger partial charge in [0.2, 0.25) is 11.9 Å². The second kappa shape index (κ2) is 9.35. The van der Waals surface area contributed by atoms with Gasteiger partial charge in [-0.25, -0.2) is 0 Å². The van der Waals surface area contributed by atoms with E-state index in [0.29, 0.717) is 29.5 Å². The van der Waals surface area contributed by atoms with Gasteiger partial charge in [0, 0.05) is 18.7 Å². The molecule has 1 aliphatic rings. The van der Waals surface area contributed by atoms with Gasteiger partial charge in [0.1, 0.15) is 12.5 Å². The Labute approximate surface area is 185 Å². The topological polar surface area (TPSA) is 67.2 Å². The maximum Gasteiger partial charge on any atom is 0.430 e. The van der Waals surface area contributed by atoms with E-state index in [9.17, 15) is 31.5 Å². The number of nitrogens with zero attached hydrogens (tertiary/aromatic N) is 1. The molecule has 2 aromatic rings. The molecule has 3 rings (SSSR count). The van der Waals surface area contributed by atoms with Gasteiger partial charge in [-0.1, -0.05) is 19.4 Å². The number of aromatic nitrogens is 1. The molecule has 0 spiro atoms. The van der Waals surface area contributed by atoms with Crippen LogP contribution in [0.25, 0.3) is 0 Å². The van der Waals surface area contributed by atoms with E-state index in [0.717, 1.165) is 25.4 Å². The summed E-state index contributed by atoms with van der Waals surface area (Å²) in [7, 11) is 0.917. The highest BCUT2D eigenvalue weighted by molar-refractivity contribution is 5.43. The number of rotatable bonds is 9. The van der Waals surface area contributed by atoms with Crippen LogP contribution in [0.4, 0.5) is 26.3 Å². The first-order valence-electron chi connectivity index (χ1n) is 9.87. The number of halogens is 6. The van der Waals surface area contributed by atoms with Crippen LogP contribution in [0.1, 0.15) is 36.3 Å². The van der Waals surface area contributed by atoms with Crippen LogP contribution in [0.15, 0.2) is 36.5 Å². The van der Waals surface area contributed by atoms with E-state index in [-0.39, 0.29) is 29.6 Å². The largest absolute Gasteiger partial charge is 0.618 e. The molecule has 1 aromatic heterocycles. The van der Waals surface area contributed by atoms with Crippen LogP contribution in [0, 0.1) is 5.21 Å². The van der Waals surface area contributed by atoms with Crippen molar-refractivity contribution in [2.75, 3.05) is 20.5 Å². The molecule has 1 atom stereocenters. The van der Waals surface area contributed by atoms with E-state index in [2.05, 4.69) is 9.47 Å². The normalized spacial score (nSPS) is 16.7. The summed E-state index contributed by atoms with van der Waals surface area (Å²) < 4.78 is 103. The molecule has 1 fully saturated rings. The number of alkyl halides is 6. The number of methoxy groups -OCH3 is 1. The molecule has 1 aliphatic heterocycles. The Balaban J connectivity index is 2.03. The minimum Gasteiger partial charge on any atom is -0.618 e. The van der Waals surface area contributed by atoms with Crippen molar-refractivity contribution in [1.29, 1.82) is 0 Å². The second-order valence-electron chi connectivity index (χ2n) is 7.34. The van der Waals surface area contributed by atoms with Crippen molar-refractivity contribution >= 4 is 0 Å². The van der Waals surface area contributed by atoms with Gasteiger partial charge < -0.3 is 24.2 Å². The van der Waals surface area contributed by atoms with Crippen LogP contribution in [0.2, 0.25) is 0 Å². The molecule has 0 saturated carbocycles. The molecule has 1 saturated heterocycles. The van der Waals surface area contributed by atoms with E-state index in [1.807, 2.05) is 0 Å². The van der Waals surface area contributed by atoms with Crippen LogP contribution in [0.5, 0.6) is 11.5 Å². The van der Waals surface area contributed by atoms with Gasteiger partial charge >= 0.3 is 12.4 Å². The quantitative estimate of drug-likeness (QED) is 0.164. The van der Waals surface area contributed by atoms with E-state index in [1.165, 1.54) is 12.1 Å². The summed E-state index contributed by atoms with van der Waals surface area (Å²) >= 11 is 0. The molecule has 0 radical (unpaired) electrons. The van der Waals surface area contributed by atoms with Gasteiger partial charge in [-0.05, 0) is 30.2 Å². The highest BCUT2D eigenvalue weighted by atomic mass is 19.4. The Hall–Kier alpha value is -2.57. The number of aryl methyl sites for hydroxylation is 1. The van der Waals surface area contributed by atoms with Gasteiger partial charge in [-0.3, -0.25) is 0 Å². The third-order valence-corrected chi connectivity index (χ3v) is 4.99. The number of hydrogen-bond acceptors (Lipinski definition) is 5. The molecule has 6 nitrogen and oxygen atoms in total. The Morgan fingerprint density at radius 3 is 2.27 bits per heavy atom. The van der Waals surface area contributed by atoms with Gasteiger partial charge in [0.05, 0.1) is 6.61 Å². The van der Waals surface area contributed by atoms with Crippen LogP contribution in [-0.2, 0) is 26.2 Å². The van der Waals surface area contributed by atoms with E-state index < -0.39 is 30.3 Å². The lowest BCUT2D eigenvalue weighted by Crippen LogP contribution is -2.56. The molecule has 33 heavy (non-hydrogen) atoms. The Kier molecular flexibility index (Phi) is 7.10. The zero-order valence-electron chi connectivity index (χ0n) is 17.6. The number of pyridine rings is 1. The monoisotopic (exact) mass is 481 g/mol. The summed E-state index contributed by atoms with van der Waals surface area (Å²) in [4.78, 5) is 0. The predicted molar refractivity (Wildman–Crippen MR) is 101 cm³/mol. The van der Waals surface area contributed by atoms with Crippen molar-refractivity contribution in [3.05, 3.63) is 58.6 Å². The van der Waals surface area contributed by atoms with Crippen molar-refractivity contribution < 1.29 is 50.0 Å². The molecule has 12 heteroatoms. The Bertz CT molecular complexity index is 961. The van der Waals surface area contributed by atoms with Crippen molar-refractivity contribution in [3.8, 4) is 11.5 Å². The van der Waals surface area contributed by atoms with Crippen LogP contribution < -0.4 is 9.47 Å². The van der Waals surface area contributed by atoms with E-state index >= 15 is 0 Å². The third-order valence-electron chi connectivity index (χ3n) is 4.99. The van der Waals surface area contributed by atoms with E-state index in [1.54, 1.807) is 6.92 Å². The van der Waals surface area contributed by atoms with Crippen molar-refractivity contribution in [2.24, 2.45) is 0 Å². The standard InChI is InChI=1S/C21H21F6NO5/c1-3-4-13-9-14(19(20(22,23)24,21(25,26)27)32-12-30-2)5-8-17(13)33-15-6-7-16(18-11-31-18)28(29)10-15/h5-10,18H,3-4,11-12H2,1-2H3. The fourth-order valence-electron chi connectivity index (χ4n) is 3.37. The first-order chi connectivity index (χ1) is 15.4. The summed E-state index contributed by atoms with van der Waals surface area (Å²) in [5, 5.41) is 12.1. The van der Waals surface area contributed by atoms with Crippen LogP contribution >= 0.6 is 0 Å². The summed E-state index contributed by atoms with van der Waals surface area (Å²) in [5.74, 6) is 0.0778. The average Bonchev–Trinajstić information content (AvgIpc) is 3.53. The van der Waals surface area contributed by atoms with Gasteiger partial charge in [-0.2, -0.15) is 31.1 Å². The second-order valence-corrected chi connectivity index (χ2v) is 7.34. The molecule has 1 aromatic carbocycles. The third kappa shape index (κ3) is 5.02. The van der Waals surface area contributed by atoms with Crippen molar-refractivity contribution in [3.63, 3.8) is 0 Å². The highest BCUT2D eigenvalue weighted by Crippen LogP contribution is 2.53. The van der Waals surface area contributed by atoms with Gasteiger partial charge in [0.15, 0.2) is 11.9 Å². The molecular formula is C21H21F6NO5. The van der Waals surface area contributed by atoms with Gasteiger partial charge in [0.25, 0.3) is 5.60 Å². The lowest BCUT2D eigenvalue weighted by molar-refractivity contribution is -0.615. The maximum atomic E-state index is 13.8. The van der Waals surface area contributed by atoms with Gasteiger partial charge in [-0.15, -0.1) is 0 Å². The molecule has 2 heterocycles. The van der Waals surface area contributed by atoms with Crippen LogP contribution in [0.3, 0.4) is 0 Å². The minimum atomic E-state index is -5.83. The Morgan fingerprint density at radius 1 is 1.09 bits per heavy atom. The Morgan fingerprint density at radius 2 is 1.76 bits per heavy atom. The summed E-state index contributed by atoms with van der Waals surface area (Å²) in [6.45, 7) is 0.880. The lowest BCUT2D eigenvalue weighted by atomic mass is 9.89. The fraction of sp³-hybridized carbons (Fsp3) is 0.476. The molecule has 0 N–H and O–H groups in total. The molecular weight excluding hydrogens is 460 g/mol. The number of hydrogen-bond donors (Lipinski definition) is 0. The fourth-order valence-corrected chi connectivity index (χ4v) is 3.37. The summed E-state index contributed by atoms with van der Waals surface area (Å²) in [6, 6.07) is 5.34. The number of epoxide rings is 1. The molecule has 0 amide bonds. The summed E-state index contributed by atoms with van der Waals surface area (Å²) in [5.41, 5.74) is -5.31. The number of ether oxygens (including phenoxy) is 4. The average molecular weight is 481 g/mol. The zero-order valence-corrected chi connectivity index (χ0v) is 17.6. The summed E-state index contributed by atoms with van der Waals surface area (Å²) in [6.07, 6.45) is -10.3. The predicted octanol–water partition coefficient (Wildman–Crippen LogP) is 5.08. The molecule has 182 valence electrons. The van der Waals surface area contributed by atoms with E-state index in [4.69, 9.17) is 9.47 Å². The molecule has 0 bridgehead atoms. The number of benzene rings is 1. The SMILES string of the molecule is CCCc1cc(C(OCOC)(C(F)(F)F)C(F)(F)F)ccc1Oc1ccc(C2CO2)[n+]([O-])c1. The smallest absolute Gasteiger partial charge is 0.430 e. The maximum absolute atomic E-state index is 13.8. The first kappa shape index (κ1) is 25.1. The zero-order chi connectivity index (χ0) is 24.4. The lowest BCUT2D eigenvalue weighted by Gasteiger charge is -2.37. The molecule has 0 aliphatic carbocycles. The van der Waals surface area contributed by atoms with Crippen molar-refractivity contribution in [1.82, 2.24) is 0 Å². The van der Waals surface area contributed by atoms with Crippen molar-refractivity contribution in [2.45, 2.75) is 43.8 Å². The van der Waals surface area contributed by atoms with Crippen LogP contribution in [-0.4, -0.2) is 32.9 Å².